The number of carbonyl (C=O) groups excluding carboxylic acids is 1. The summed E-state index contributed by atoms with van der Waals surface area (Å²) in [5.74, 6) is 1.86. The van der Waals surface area contributed by atoms with Crippen LogP contribution in [-0.2, 0) is 16.1 Å². The smallest absolute Gasteiger partial charge is 0.326 e. The minimum atomic E-state index is -1.01. The van der Waals surface area contributed by atoms with E-state index in [0.29, 0.717) is 29.8 Å². The Bertz CT molecular complexity index is 1160. The van der Waals surface area contributed by atoms with Crippen LogP contribution in [0.5, 0.6) is 0 Å². The molecule has 5 nitrogen and oxygen atoms in total. The van der Waals surface area contributed by atoms with Crippen LogP contribution in [0.1, 0.15) is 86.7 Å². The van der Waals surface area contributed by atoms with Crippen molar-refractivity contribution in [1.29, 1.82) is 0 Å². The molecule has 4 rings (SSSR count). The maximum absolute atomic E-state index is 13.3. The lowest BCUT2D eigenvalue weighted by atomic mass is 9.55. The molecule has 1 amide bonds. The van der Waals surface area contributed by atoms with Gasteiger partial charge in [-0.15, -0.1) is 0 Å². The number of rotatable bonds is 13. The van der Waals surface area contributed by atoms with Crippen LogP contribution in [0.2, 0.25) is 0 Å². The first kappa shape index (κ1) is 30.6. The standard InChI is InChI=1S/C34H47NO4S/c1-5-25-17-27-16-23(2)19-34(20-25,21-27)13-14-39-22-26-10-11-29(30(18-26)28-9-7-6-8-24(28)3)32(36)35-31(33(37)38)12-15-40-4/h6-11,18,23,25,27,31H,5,12-17,19-22H2,1-4H3,(H,35,36)(H,37,38)/t23?,25?,27?,31-,34?/m0/s1. The van der Waals surface area contributed by atoms with Crippen molar-refractivity contribution in [3.63, 3.8) is 0 Å². The van der Waals surface area contributed by atoms with Gasteiger partial charge in [-0.05, 0) is 121 Å². The molecule has 0 spiro atoms. The summed E-state index contributed by atoms with van der Waals surface area (Å²) in [7, 11) is 0. The summed E-state index contributed by atoms with van der Waals surface area (Å²) in [5.41, 5.74) is 4.80. The van der Waals surface area contributed by atoms with E-state index in [2.05, 4.69) is 19.2 Å². The summed E-state index contributed by atoms with van der Waals surface area (Å²) in [6.45, 7) is 8.07. The molecule has 218 valence electrons. The Morgan fingerprint density at radius 2 is 1.93 bits per heavy atom. The number of carbonyl (C=O) groups is 2. The Morgan fingerprint density at radius 1 is 1.12 bits per heavy atom. The van der Waals surface area contributed by atoms with Crippen LogP contribution in [0, 0.1) is 30.1 Å². The van der Waals surface area contributed by atoms with Gasteiger partial charge in [-0.25, -0.2) is 4.79 Å². The number of ether oxygens (including phenoxy) is 1. The molecule has 0 aromatic heterocycles. The Labute approximate surface area is 244 Å². The number of amides is 1. The summed E-state index contributed by atoms with van der Waals surface area (Å²) in [6, 6.07) is 12.9. The largest absolute Gasteiger partial charge is 0.480 e. The number of benzene rings is 2. The summed E-state index contributed by atoms with van der Waals surface area (Å²) in [4.78, 5) is 25.1. The molecule has 2 aliphatic carbocycles. The summed E-state index contributed by atoms with van der Waals surface area (Å²) in [5, 5.41) is 12.4. The fourth-order valence-corrected chi connectivity index (χ4v) is 7.96. The van der Waals surface area contributed by atoms with Crippen molar-refractivity contribution in [2.75, 3.05) is 18.6 Å². The predicted octanol–water partition coefficient (Wildman–Crippen LogP) is 7.75. The molecular formula is C34H47NO4S. The van der Waals surface area contributed by atoms with Gasteiger partial charge in [0.2, 0.25) is 0 Å². The second-order valence-corrected chi connectivity index (χ2v) is 13.5. The van der Waals surface area contributed by atoms with E-state index in [1.807, 2.05) is 55.6 Å². The lowest BCUT2D eigenvalue weighted by Crippen LogP contribution is -2.41. The zero-order chi connectivity index (χ0) is 28.7. The Kier molecular flexibility index (Phi) is 10.8. The monoisotopic (exact) mass is 565 g/mol. The first-order valence-corrected chi connectivity index (χ1v) is 16.4. The molecule has 2 fully saturated rings. The van der Waals surface area contributed by atoms with E-state index in [1.54, 1.807) is 11.8 Å². The molecule has 2 saturated carbocycles. The molecule has 5 atom stereocenters. The second kappa shape index (κ2) is 14.0. The molecule has 2 N–H and O–H groups in total. The van der Waals surface area contributed by atoms with Gasteiger partial charge in [0.1, 0.15) is 6.04 Å². The van der Waals surface area contributed by atoms with Gasteiger partial charge in [0.25, 0.3) is 5.91 Å². The zero-order valence-corrected chi connectivity index (χ0v) is 25.5. The lowest BCUT2D eigenvalue weighted by Gasteiger charge is -2.50. The molecule has 0 aliphatic heterocycles. The van der Waals surface area contributed by atoms with Crippen LogP contribution in [0.25, 0.3) is 11.1 Å². The first-order valence-electron chi connectivity index (χ1n) is 15.0. The van der Waals surface area contributed by atoms with Gasteiger partial charge in [-0.1, -0.05) is 50.6 Å². The molecule has 4 unspecified atom stereocenters. The van der Waals surface area contributed by atoms with E-state index in [4.69, 9.17) is 4.74 Å². The molecular weight excluding hydrogens is 518 g/mol. The molecule has 0 radical (unpaired) electrons. The molecule has 2 aromatic rings. The maximum atomic E-state index is 13.3. The van der Waals surface area contributed by atoms with Gasteiger partial charge in [0, 0.05) is 12.2 Å². The van der Waals surface area contributed by atoms with E-state index in [0.717, 1.165) is 53.0 Å². The second-order valence-electron chi connectivity index (χ2n) is 12.5. The maximum Gasteiger partial charge on any atom is 0.326 e. The highest BCUT2D eigenvalue weighted by atomic mass is 32.2. The number of hydrogen-bond acceptors (Lipinski definition) is 4. The third-order valence-electron chi connectivity index (χ3n) is 9.23. The highest BCUT2D eigenvalue weighted by molar-refractivity contribution is 7.98. The first-order chi connectivity index (χ1) is 19.2. The Hall–Kier alpha value is -2.31. The Balaban J connectivity index is 1.47. The normalized spacial score (nSPS) is 24.9. The highest BCUT2D eigenvalue weighted by Gasteiger charge is 2.44. The SMILES string of the molecule is CCC1CC2CC(C)CC(CCOCc3ccc(C(=O)N[C@@H](CCSC)C(=O)O)c(-c4ccccc4C)c3)(C1)C2. The number of carboxylic acid groups (broad SMARTS) is 1. The van der Waals surface area contributed by atoms with Crippen molar-refractivity contribution < 1.29 is 19.4 Å². The van der Waals surface area contributed by atoms with Gasteiger partial charge in [-0.2, -0.15) is 11.8 Å². The number of aryl methyl sites for hydroxylation is 1. The van der Waals surface area contributed by atoms with Gasteiger partial charge >= 0.3 is 5.97 Å². The zero-order valence-electron chi connectivity index (χ0n) is 24.7. The predicted molar refractivity (Wildman–Crippen MR) is 165 cm³/mol. The van der Waals surface area contributed by atoms with Gasteiger partial charge in [0.05, 0.1) is 6.61 Å². The highest BCUT2D eigenvalue weighted by Crippen LogP contribution is 2.55. The van der Waals surface area contributed by atoms with Crippen LogP contribution in [0.4, 0.5) is 0 Å². The minimum Gasteiger partial charge on any atom is -0.480 e. The number of nitrogens with one attached hydrogen (secondary N) is 1. The molecule has 2 aliphatic rings. The average molecular weight is 566 g/mol. The van der Waals surface area contributed by atoms with Crippen molar-refractivity contribution in [3.05, 3.63) is 59.2 Å². The number of carboxylic acids is 1. The minimum absolute atomic E-state index is 0.359. The van der Waals surface area contributed by atoms with E-state index in [1.165, 1.54) is 38.5 Å². The third kappa shape index (κ3) is 7.70. The van der Waals surface area contributed by atoms with Crippen molar-refractivity contribution in [1.82, 2.24) is 5.32 Å². The number of thioether (sulfide) groups is 1. The molecule has 2 aromatic carbocycles. The van der Waals surface area contributed by atoms with Crippen LogP contribution in [0.3, 0.4) is 0 Å². The van der Waals surface area contributed by atoms with Crippen LogP contribution in [0.15, 0.2) is 42.5 Å². The number of aliphatic carboxylic acids is 1. The molecule has 6 heteroatoms. The van der Waals surface area contributed by atoms with E-state index >= 15 is 0 Å². The molecule has 0 saturated heterocycles. The van der Waals surface area contributed by atoms with Crippen molar-refractivity contribution in [3.8, 4) is 11.1 Å². The molecule has 40 heavy (non-hydrogen) atoms. The number of hydrogen-bond donors (Lipinski definition) is 2. The van der Waals surface area contributed by atoms with Crippen molar-refractivity contribution >= 4 is 23.6 Å². The van der Waals surface area contributed by atoms with Crippen LogP contribution < -0.4 is 5.32 Å². The lowest BCUT2D eigenvalue weighted by molar-refractivity contribution is -0.139. The fraction of sp³-hybridized carbons (Fsp3) is 0.588. The van der Waals surface area contributed by atoms with E-state index in [9.17, 15) is 14.7 Å². The van der Waals surface area contributed by atoms with Crippen molar-refractivity contribution in [2.45, 2.75) is 84.8 Å². The summed E-state index contributed by atoms with van der Waals surface area (Å²) in [6.07, 6.45) is 11.6. The topological polar surface area (TPSA) is 75.6 Å². The Morgan fingerprint density at radius 3 is 2.65 bits per heavy atom. The fourth-order valence-electron chi connectivity index (χ4n) is 7.49. The summed E-state index contributed by atoms with van der Waals surface area (Å²) >= 11 is 1.57. The van der Waals surface area contributed by atoms with E-state index in [-0.39, 0.29) is 5.91 Å². The third-order valence-corrected chi connectivity index (χ3v) is 9.87. The quantitative estimate of drug-likeness (QED) is 0.243. The van der Waals surface area contributed by atoms with Crippen molar-refractivity contribution in [2.24, 2.45) is 23.2 Å². The summed E-state index contributed by atoms with van der Waals surface area (Å²) < 4.78 is 6.29. The average Bonchev–Trinajstić information content (AvgIpc) is 2.92. The van der Waals surface area contributed by atoms with Crippen LogP contribution in [-0.4, -0.2) is 41.6 Å². The molecule has 2 bridgehead atoms. The van der Waals surface area contributed by atoms with Gasteiger partial charge in [-0.3, -0.25) is 4.79 Å². The molecule has 0 heterocycles. The van der Waals surface area contributed by atoms with Gasteiger partial charge < -0.3 is 15.2 Å². The van der Waals surface area contributed by atoms with E-state index < -0.39 is 12.0 Å². The van der Waals surface area contributed by atoms with Crippen LogP contribution >= 0.6 is 11.8 Å². The van der Waals surface area contributed by atoms with Gasteiger partial charge in [0.15, 0.2) is 0 Å². The number of fused-ring (bicyclic) bond motifs is 2.